The first-order chi connectivity index (χ1) is 10.0. The molecule has 21 heavy (non-hydrogen) atoms. The number of hydrogen-bond donors (Lipinski definition) is 2. The second-order valence-corrected chi connectivity index (χ2v) is 6.62. The van der Waals surface area contributed by atoms with Crippen molar-refractivity contribution in [3.8, 4) is 0 Å². The summed E-state index contributed by atoms with van der Waals surface area (Å²) in [6.45, 7) is 3.39. The van der Waals surface area contributed by atoms with Crippen molar-refractivity contribution in [2.75, 3.05) is 13.1 Å². The lowest BCUT2D eigenvalue weighted by atomic mass is 9.81. The van der Waals surface area contributed by atoms with E-state index in [1.807, 2.05) is 11.8 Å². The molecule has 2 rings (SSSR count). The molecule has 1 saturated heterocycles. The van der Waals surface area contributed by atoms with Crippen molar-refractivity contribution in [1.82, 2.24) is 10.2 Å². The molecule has 0 aromatic rings. The summed E-state index contributed by atoms with van der Waals surface area (Å²) in [5.41, 5.74) is 5.69. The number of nitrogens with zero attached hydrogens (tertiary/aromatic N) is 1. The predicted octanol–water partition coefficient (Wildman–Crippen LogP) is 1.56. The molecule has 1 saturated carbocycles. The van der Waals surface area contributed by atoms with Crippen LogP contribution in [0.25, 0.3) is 0 Å². The smallest absolute Gasteiger partial charge is 0.242 e. The highest BCUT2D eigenvalue weighted by atomic mass is 16.2. The third-order valence-corrected chi connectivity index (χ3v) is 4.72. The van der Waals surface area contributed by atoms with Crippen molar-refractivity contribution in [1.29, 1.82) is 0 Å². The Hall–Kier alpha value is -1.10. The number of nitrogens with two attached hydrogens (primary N) is 1. The molecule has 1 aliphatic heterocycles. The normalized spacial score (nSPS) is 25.4. The maximum Gasteiger partial charge on any atom is 0.242 e. The lowest BCUT2D eigenvalue weighted by Crippen LogP contribution is -2.60. The Kier molecular flexibility index (Phi) is 5.62. The average molecular weight is 295 g/mol. The van der Waals surface area contributed by atoms with Crippen LogP contribution in [0.15, 0.2) is 0 Å². The Morgan fingerprint density at radius 2 is 1.95 bits per heavy atom. The largest absolute Gasteiger partial charge is 0.352 e. The molecule has 0 spiro atoms. The van der Waals surface area contributed by atoms with Crippen LogP contribution < -0.4 is 11.1 Å². The van der Waals surface area contributed by atoms with Crippen LogP contribution in [0.3, 0.4) is 0 Å². The van der Waals surface area contributed by atoms with Crippen LogP contribution in [-0.4, -0.2) is 41.4 Å². The van der Waals surface area contributed by atoms with Gasteiger partial charge in [0.15, 0.2) is 0 Å². The molecule has 1 unspecified atom stereocenters. The molecule has 1 atom stereocenters. The van der Waals surface area contributed by atoms with Gasteiger partial charge in [-0.05, 0) is 32.1 Å². The van der Waals surface area contributed by atoms with Crippen molar-refractivity contribution in [3.63, 3.8) is 0 Å². The van der Waals surface area contributed by atoms with Crippen LogP contribution in [0.1, 0.15) is 64.7 Å². The number of likely N-dealkylation sites (tertiary alicyclic amines) is 1. The van der Waals surface area contributed by atoms with E-state index in [0.717, 1.165) is 51.5 Å². The van der Waals surface area contributed by atoms with E-state index in [4.69, 9.17) is 5.73 Å². The molecule has 2 fully saturated rings. The lowest BCUT2D eigenvalue weighted by Gasteiger charge is -2.40. The fraction of sp³-hybridized carbons (Fsp3) is 0.875. The molecular formula is C16H29N3O2. The van der Waals surface area contributed by atoms with Gasteiger partial charge in [0.05, 0.1) is 5.54 Å². The average Bonchev–Trinajstić information content (AvgIpc) is 2.47. The molecule has 0 radical (unpaired) electrons. The fourth-order valence-electron chi connectivity index (χ4n) is 3.52. The Morgan fingerprint density at radius 3 is 2.62 bits per heavy atom. The maximum atomic E-state index is 12.7. The van der Waals surface area contributed by atoms with Crippen LogP contribution in [0, 0.1) is 0 Å². The van der Waals surface area contributed by atoms with Gasteiger partial charge >= 0.3 is 0 Å². The van der Waals surface area contributed by atoms with Gasteiger partial charge < -0.3 is 16.0 Å². The van der Waals surface area contributed by atoms with Gasteiger partial charge in [0, 0.05) is 25.6 Å². The SMILES string of the molecule is CCCC(=O)NC1CCCN(C(=O)C2(N)CCCCC2)C1. The summed E-state index contributed by atoms with van der Waals surface area (Å²) in [4.78, 5) is 26.3. The van der Waals surface area contributed by atoms with Crippen LogP contribution in [0.4, 0.5) is 0 Å². The van der Waals surface area contributed by atoms with Crippen molar-refractivity contribution in [2.45, 2.75) is 76.3 Å². The Balaban J connectivity index is 1.90. The van der Waals surface area contributed by atoms with Gasteiger partial charge in [0.2, 0.25) is 11.8 Å². The van der Waals surface area contributed by atoms with Crippen LogP contribution in [0.5, 0.6) is 0 Å². The number of piperidine rings is 1. The third-order valence-electron chi connectivity index (χ3n) is 4.72. The summed E-state index contributed by atoms with van der Waals surface area (Å²) in [5.74, 6) is 0.188. The lowest BCUT2D eigenvalue weighted by molar-refractivity contribution is -0.140. The first-order valence-corrected chi connectivity index (χ1v) is 8.43. The molecule has 3 N–H and O–H groups in total. The fourth-order valence-corrected chi connectivity index (χ4v) is 3.52. The molecule has 2 aliphatic rings. The summed E-state index contributed by atoms with van der Waals surface area (Å²) in [7, 11) is 0. The van der Waals surface area contributed by atoms with E-state index in [0.29, 0.717) is 13.0 Å². The maximum absolute atomic E-state index is 12.7. The van der Waals surface area contributed by atoms with Gasteiger partial charge in [0.1, 0.15) is 0 Å². The van der Waals surface area contributed by atoms with E-state index in [2.05, 4.69) is 5.32 Å². The van der Waals surface area contributed by atoms with Crippen LogP contribution >= 0.6 is 0 Å². The molecule has 5 heteroatoms. The molecule has 1 aliphatic carbocycles. The van der Waals surface area contributed by atoms with E-state index in [1.54, 1.807) is 0 Å². The van der Waals surface area contributed by atoms with E-state index in [-0.39, 0.29) is 17.9 Å². The summed E-state index contributed by atoms with van der Waals surface area (Å²) in [5, 5.41) is 3.05. The standard InChI is InChI=1S/C16H29N3O2/c1-2-7-14(20)18-13-8-6-11-19(12-13)15(21)16(17)9-4-3-5-10-16/h13H,2-12,17H2,1H3,(H,18,20). The second kappa shape index (κ2) is 7.25. The Bertz CT molecular complexity index is 378. The molecule has 2 amide bonds. The van der Waals surface area contributed by atoms with Crippen LogP contribution in [-0.2, 0) is 9.59 Å². The molecular weight excluding hydrogens is 266 g/mol. The van der Waals surface area contributed by atoms with E-state index < -0.39 is 5.54 Å². The highest BCUT2D eigenvalue weighted by molar-refractivity contribution is 5.86. The van der Waals surface area contributed by atoms with Crippen molar-refractivity contribution in [3.05, 3.63) is 0 Å². The van der Waals surface area contributed by atoms with E-state index in [1.165, 1.54) is 6.42 Å². The minimum atomic E-state index is -0.659. The summed E-state index contributed by atoms with van der Waals surface area (Å²) in [6, 6.07) is 0.0916. The van der Waals surface area contributed by atoms with Gasteiger partial charge in [-0.3, -0.25) is 9.59 Å². The van der Waals surface area contributed by atoms with Gasteiger partial charge in [-0.15, -0.1) is 0 Å². The number of amides is 2. The van der Waals surface area contributed by atoms with Crippen molar-refractivity contribution < 1.29 is 9.59 Å². The van der Waals surface area contributed by atoms with Gasteiger partial charge in [-0.25, -0.2) is 0 Å². The monoisotopic (exact) mass is 295 g/mol. The molecule has 120 valence electrons. The Morgan fingerprint density at radius 1 is 1.24 bits per heavy atom. The third kappa shape index (κ3) is 4.19. The molecule has 0 bridgehead atoms. The van der Waals surface area contributed by atoms with Gasteiger partial charge in [0.25, 0.3) is 0 Å². The van der Waals surface area contributed by atoms with E-state index in [9.17, 15) is 9.59 Å². The first kappa shape index (κ1) is 16.3. The summed E-state index contributed by atoms with van der Waals surface area (Å²) in [6.07, 6.45) is 8.19. The molecule has 1 heterocycles. The zero-order valence-corrected chi connectivity index (χ0v) is 13.2. The summed E-state index contributed by atoms with van der Waals surface area (Å²) < 4.78 is 0. The number of carbonyl (C=O) groups excluding carboxylic acids is 2. The van der Waals surface area contributed by atoms with E-state index >= 15 is 0 Å². The zero-order chi connectivity index (χ0) is 15.3. The Labute approximate surface area is 127 Å². The predicted molar refractivity (Wildman–Crippen MR) is 82.7 cm³/mol. The van der Waals surface area contributed by atoms with Crippen LogP contribution in [0.2, 0.25) is 0 Å². The van der Waals surface area contributed by atoms with Crippen molar-refractivity contribution in [2.24, 2.45) is 5.73 Å². The highest BCUT2D eigenvalue weighted by Crippen LogP contribution is 2.28. The van der Waals surface area contributed by atoms with Gasteiger partial charge in [-0.2, -0.15) is 0 Å². The quantitative estimate of drug-likeness (QED) is 0.826. The number of hydrogen-bond acceptors (Lipinski definition) is 3. The number of rotatable bonds is 4. The second-order valence-electron chi connectivity index (χ2n) is 6.62. The molecule has 0 aromatic heterocycles. The number of nitrogens with one attached hydrogen (secondary N) is 1. The minimum absolute atomic E-state index is 0.0916. The first-order valence-electron chi connectivity index (χ1n) is 8.43. The topological polar surface area (TPSA) is 75.4 Å². The molecule has 5 nitrogen and oxygen atoms in total. The number of carbonyl (C=O) groups is 2. The van der Waals surface area contributed by atoms with Gasteiger partial charge in [-0.1, -0.05) is 26.2 Å². The van der Waals surface area contributed by atoms with Crippen molar-refractivity contribution >= 4 is 11.8 Å². The zero-order valence-electron chi connectivity index (χ0n) is 13.2. The minimum Gasteiger partial charge on any atom is -0.352 e. The molecule has 0 aromatic carbocycles. The summed E-state index contributed by atoms with van der Waals surface area (Å²) >= 11 is 0. The highest BCUT2D eigenvalue weighted by Gasteiger charge is 2.39.